The maximum atomic E-state index is 12.1. The predicted octanol–water partition coefficient (Wildman–Crippen LogP) is 1.29. The first-order valence-corrected chi connectivity index (χ1v) is 8.71. The topological polar surface area (TPSA) is 128 Å². The first kappa shape index (κ1) is 19.5. The van der Waals surface area contributed by atoms with Gasteiger partial charge in [-0.1, -0.05) is 18.3 Å². The zero-order valence-electron chi connectivity index (χ0n) is 15.0. The van der Waals surface area contributed by atoms with Crippen LogP contribution < -0.4 is 10.6 Å². The van der Waals surface area contributed by atoms with Crippen molar-refractivity contribution >= 4 is 39.9 Å². The third-order valence-electron chi connectivity index (χ3n) is 3.57. The summed E-state index contributed by atoms with van der Waals surface area (Å²) in [4.78, 5) is 35.8. The second-order valence-electron chi connectivity index (χ2n) is 5.38. The number of aryl methyl sites for hydroxylation is 2. The number of esters is 1. The number of amides is 2. The van der Waals surface area contributed by atoms with E-state index < -0.39 is 11.9 Å². The van der Waals surface area contributed by atoms with Crippen molar-refractivity contribution < 1.29 is 19.1 Å². The predicted molar refractivity (Wildman–Crippen MR) is 95.1 cm³/mol. The highest BCUT2D eigenvalue weighted by molar-refractivity contribution is 7.15. The zero-order chi connectivity index (χ0) is 19.3. The van der Waals surface area contributed by atoms with Gasteiger partial charge in [0.05, 0.1) is 18.5 Å². The molecular formula is C15H20N6O4S. The summed E-state index contributed by atoms with van der Waals surface area (Å²) < 4.78 is 6.13. The van der Waals surface area contributed by atoms with Crippen LogP contribution in [-0.2, 0) is 27.8 Å². The third-order valence-corrected chi connectivity index (χ3v) is 4.55. The molecule has 26 heavy (non-hydrogen) atoms. The highest BCUT2D eigenvalue weighted by atomic mass is 32.1. The molecule has 2 amide bonds. The molecule has 0 aliphatic rings. The minimum atomic E-state index is -0.648. The summed E-state index contributed by atoms with van der Waals surface area (Å²) in [5.74, 6) is -1.40. The number of hydrogen-bond donors (Lipinski definition) is 2. The van der Waals surface area contributed by atoms with E-state index >= 15 is 0 Å². The fraction of sp³-hybridized carbons (Fsp3) is 0.467. The van der Waals surface area contributed by atoms with Crippen molar-refractivity contribution in [1.82, 2.24) is 20.0 Å². The van der Waals surface area contributed by atoms with Gasteiger partial charge in [-0.3, -0.25) is 14.3 Å². The summed E-state index contributed by atoms with van der Waals surface area (Å²) in [6, 6.07) is 0. The van der Waals surface area contributed by atoms with E-state index in [4.69, 9.17) is 0 Å². The van der Waals surface area contributed by atoms with Crippen LogP contribution in [0, 0.1) is 6.92 Å². The van der Waals surface area contributed by atoms with E-state index in [1.165, 1.54) is 23.1 Å². The van der Waals surface area contributed by atoms with Gasteiger partial charge in [0.15, 0.2) is 5.69 Å². The SMILES string of the molecule is CCc1nnc(NC(=O)CCC(=O)Nc2c(C(=O)OC)nn(C)c2C)s1. The fourth-order valence-electron chi connectivity index (χ4n) is 2.06. The van der Waals surface area contributed by atoms with Crippen LogP contribution in [0.25, 0.3) is 0 Å². The molecule has 0 aromatic carbocycles. The van der Waals surface area contributed by atoms with Crippen molar-refractivity contribution in [3.05, 3.63) is 16.4 Å². The first-order chi connectivity index (χ1) is 12.3. The molecule has 11 heteroatoms. The van der Waals surface area contributed by atoms with Crippen LogP contribution >= 0.6 is 11.3 Å². The number of nitrogens with one attached hydrogen (secondary N) is 2. The van der Waals surface area contributed by atoms with Gasteiger partial charge >= 0.3 is 5.97 Å². The van der Waals surface area contributed by atoms with E-state index in [0.29, 0.717) is 10.8 Å². The van der Waals surface area contributed by atoms with Crippen LogP contribution in [0.2, 0.25) is 0 Å². The third kappa shape index (κ3) is 4.63. The Morgan fingerprint density at radius 3 is 2.38 bits per heavy atom. The lowest BCUT2D eigenvalue weighted by Crippen LogP contribution is -2.18. The molecule has 0 aliphatic heterocycles. The molecule has 0 saturated carbocycles. The Morgan fingerprint density at radius 1 is 1.15 bits per heavy atom. The van der Waals surface area contributed by atoms with Crippen LogP contribution in [0.5, 0.6) is 0 Å². The van der Waals surface area contributed by atoms with Crippen molar-refractivity contribution in [2.45, 2.75) is 33.1 Å². The number of rotatable bonds is 7. The number of carbonyl (C=O) groups is 3. The monoisotopic (exact) mass is 380 g/mol. The minimum Gasteiger partial charge on any atom is -0.464 e. The van der Waals surface area contributed by atoms with E-state index in [2.05, 4.69) is 30.7 Å². The van der Waals surface area contributed by atoms with Crippen LogP contribution in [-0.4, -0.2) is 44.9 Å². The Hall–Kier alpha value is -2.82. The quantitative estimate of drug-likeness (QED) is 0.693. The maximum absolute atomic E-state index is 12.1. The molecule has 0 fully saturated rings. The lowest BCUT2D eigenvalue weighted by atomic mass is 10.2. The van der Waals surface area contributed by atoms with Gasteiger partial charge < -0.3 is 15.4 Å². The lowest BCUT2D eigenvalue weighted by molar-refractivity contribution is -0.121. The molecule has 2 aromatic rings. The van der Waals surface area contributed by atoms with Gasteiger partial charge in [-0.25, -0.2) is 4.79 Å². The molecule has 0 saturated heterocycles. The number of anilines is 2. The fourth-order valence-corrected chi connectivity index (χ4v) is 2.75. The Bertz CT molecular complexity index is 828. The average Bonchev–Trinajstić information content (AvgIpc) is 3.18. The van der Waals surface area contributed by atoms with Crippen LogP contribution in [0.15, 0.2) is 0 Å². The van der Waals surface area contributed by atoms with Gasteiger partial charge in [0, 0.05) is 19.9 Å². The Balaban J connectivity index is 1.92. The van der Waals surface area contributed by atoms with Crippen LogP contribution in [0.1, 0.15) is 41.0 Å². The van der Waals surface area contributed by atoms with Crippen molar-refractivity contribution in [3.63, 3.8) is 0 Å². The van der Waals surface area contributed by atoms with Gasteiger partial charge in [-0.15, -0.1) is 10.2 Å². The molecule has 0 aliphatic carbocycles. The van der Waals surface area contributed by atoms with E-state index in [-0.39, 0.29) is 30.1 Å². The van der Waals surface area contributed by atoms with Gasteiger partial charge in [0.1, 0.15) is 5.01 Å². The number of nitrogens with zero attached hydrogens (tertiary/aromatic N) is 4. The van der Waals surface area contributed by atoms with E-state index in [1.807, 2.05) is 6.92 Å². The number of ether oxygens (including phenoxy) is 1. The zero-order valence-corrected chi connectivity index (χ0v) is 15.8. The molecule has 2 heterocycles. The molecular weight excluding hydrogens is 360 g/mol. The average molecular weight is 380 g/mol. The van der Waals surface area contributed by atoms with Crippen molar-refractivity contribution in [1.29, 1.82) is 0 Å². The first-order valence-electron chi connectivity index (χ1n) is 7.89. The van der Waals surface area contributed by atoms with E-state index in [1.54, 1.807) is 14.0 Å². The normalized spacial score (nSPS) is 10.5. The molecule has 140 valence electrons. The number of hydrogen-bond acceptors (Lipinski definition) is 8. The van der Waals surface area contributed by atoms with E-state index in [0.717, 1.165) is 11.4 Å². The van der Waals surface area contributed by atoms with Crippen molar-refractivity contribution in [2.75, 3.05) is 17.7 Å². The van der Waals surface area contributed by atoms with Gasteiger partial charge in [-0.05, 0) is 13.3 Å². The molecule has 0 radical (unpaired) electrons. The van der Waals surface area contributed by atoms with Gasteiger partial charge in [0.2, 0.25) is 16.9 Å². The summed E-state index contributed by atoms with van der Waals surface area (Å²) in [6.45, 7) is 3.65. The van der Waals surface area contributed by atoms with Crippen molar-refractivity contribution in [3.8, 4) is 0 Å². The molecule has 0 bridgehead atoms. The number of methoxy groups -OCH3 is 1. The molecule has 2 aromatic heterocycles. The van der Waals surface area contributed by atoms with Gasteiger partial charge in [0.25, 0.3) is 0 Å². The second-order valence-corrected chi connectivity index (χ2v) is 6.44. The van der Waals surface area contributed by atoms with Crippen molar-refractivity contribution in [2.24, 2.45) is 7.05 Å². The molecule has 2 rings (SSSR count). The number of carbonyl (C=O) groups excluding carboxylic acids is 3. The largest absolute Gasteiger partial charge is 0.464 e. The minimum absolute atomic E-state index is 0.0197. The summed E-state index contributed by atoms with van der Waals surface area (Å²) >= 11 is 1.29. The Labute approximate surface area is 153 Å². The summed E-state index contributed by atoms with van der Waals surface area (Å²) in [7, 11) is 2.89. The lowest BCUT2D eigenvalue weighted by Gasteiger charge is -2.06. The molecule has 2 N–H and O–H groups in total. The Morgan fingerprint density at radius 2 is 1.81 bits per heavy atom. The summed E-state index contributed by atoms with van der Waals surface area (Å²) in [6.07, 6.45) is 0.656. The highest BCUT2D eigenvalue weighted by Gasteiger charge is 2.22. The Kier molecular flexibility index (Phi) is 6.39. The molecule has 0 spiro atoms. The van der Waals surface area contributed by atoms with Crippen LogP contribution in [0.3, 0.4) is 0 Å². The highest BCUT2D eigenvalue weighted by Crippen LogP contribution is 2.21. The maximum Gasteiger partial charge on any atom is 0.360 e. The van der Waals surface area contributed by atoms with Crippen LogP contribution in [0.4, 0.5) is 10.8 Å². The standard InChI is InChI=1S/C15H20N6O4S/c1-5-11-18-19-15(26-11)17-10(23)7-6-9(22)16-12-8(2)21(3)20-13(12)14(24)25-4/h5-7H2,1-4H3,(H,16,22)(H,17,19,23). The van der Waals surface area contributed by atoms with Gasteiger partial charge in [-0.2, -0.15) is 5.10 Å². The smallest absolute Gasteiger partial charge is 0.360 e. The summed E-state index contributed by atoms with van der Waals surface area (Å²) in [5.41, 5.74) is 0.900. The second kappa shape index (κ2) is 8.52. The molecule has 10 nitrogen and oxygen atoms in total. The summed E-state index contributed by atoms with van der Waals surface area (Å²) in [5, 5.41) is 18.2. The number of aromatic nitrogens is 4. The molecule has 0 unspecified atom stereocenters. The molecule has 0 atom stereocenters. The van der Waals surface area contributed by atoms with E-state index in [9.17, 15) is 14.4 Å².